The Morgan fingerprint density at radius 2 is 2.13 bits per heavy atom. The molecule has 0 saturated carbocycles. The minimum atomic E-state index is 0.718. The van der Waals surface area contributed by atoms with Crippen molar-refractivity contribution in [3.05, 3.63) is 71.5 Å². The average Bonchev–Trinajstić information content (AvgIpc) is 3.15. The molecular weight excluding hydrogens is 398 g/mol. The molecule has 170 valence electrons. The second kappa shape index (κ2) is 14.3. The molecule has 0 aliphatic carbocycles. The van der Waals surface area contributed by atoms with Gasteiger partial charge < -0.3 is 5.32 Å². The summed E-state index contributed by atoms with van der Waals surface area (Å²) in [4.78, 5) is 4.72. The summed E-state index contributed by atoms with van der Waals surface area (Å²) < 4.78 is 2.12. The number of aryl methyl sites for hydroxylation is 1. The Labute approximate surface area is 196 Å². The summed E-state index contributed by atoms with van der Waals surface area (Å²) in [6.07, 6.45) is 15.0. The molecule has 0 aromatic heterocycles. The lowest BCUT2D eigenvalue weighted by Gasteiger charge is -2.19. The average molecular weight is 440 g/mol. The quantitative estimate of drug-likeness (QED) is 0.240. The van der Waals surface area contributed by atoms with Crippen molar-refractivity contribution < 1.29 is 0 Å². The van der Waals surface area contributed by atoms with Gasteiger partial charge in [0.1, 0.15) is 0 Å². The van der Waals surface area contributed by atoms with Crippen molar-refractivity contribution in [3.63, 3.8) is 0 Å². The molecule has 0 saturated heterocycles. The molecule has 2 rings (SSSR count). The van der Waals surface area contributed by atoms with E-state index in [2.05, 4.69) is 67.1 Å². The number of benzene rings is 1. The molecule has 3 nitrogen and oxygen atoms in total. The van der Waals surface area contributed by atoms with E-state index in [1.54, 1.807) is 0 Å². The van der Waals surface area contributed by atoms with E-state index in [-0.39, 0.29) is 0 Å². The highest BCUT2D eigenvalue weighted by molar-refractivity contribution is 7.77. The first-order valence-corrected chi connectivity index (χ1v) is 12.3. The van der Waals surface area contributed by atoms with Gasteiger partial charge in [-0.15, -0.1) is 0 Å². The molecule has 4 heteroatoms. The maximum atomic E-state index is 4.72. The van der Waals surface area contributed by atoms with Crippen LogP contribution in [-0.2, 0) is 13.0 Å². The van der Waals surface area contributed by atoms with Gasteiger partial charge in [0.15, 0.2) is 0 Å². The monoisotopic (exact) mass is 439 g/mol. The van der Waals surface area contributed by atoms with Gasteiger partial charge in [-0.05, 0) is 61.8 Å². The predicted molar refractivity (Wildman–Crippen MR) is 140 cm³/mol. The number of hydrogen-bond donors (Lipinski definition) is 2. The number of nitrogens with one attached hydrogen (secondary N) is 1. The third-order valence-corrected chi connectivity index (χ3v) is 6.19. The summed E-state index contributed by atoms with van der Waals surface area (Å²) in [7, 11) is 0. The summed E-state index contributed by atoms with van der Waals surface area (Å²) in [5.41, 5.74) is 6.67. The number of rotatable bonds is 15. The summed E-state index contributed by atoms with van der Waals surface area (Å²) in [5, 5.41) is 3.42. The van der Waals surface area contributed by atoms with Crippen molar-refractivity contribution in [2.24, 2.45) is 10.9 Å². The van der Waals surface area contributed by atoms with Crippen molar-refractivity contribution in [2.75, 3.05) is 19.6 Å². The highest BCUT2D eigenvalue weighted by atomic mass is 32.1. The summed E-state index contributed by atoms with van der Waals surface area (Å²) in [5.74, 6) is 0.718. The van der Waals surface area contributed by atoms with Crippen LogP contribution in [0.2, 0.25) is 0 Å². The number of thiol groups is 1. The van der Waals surface area contributed by atoms with Crippen molar-refractivity contribution >= 4 is 18.5 Å². The largest absolute Gasteiger partial charge is 0.384 e. The Balaban J connectivity index is 1.62. The Bertz CT molecular complexity index is 779. The normalized spacial score (nSPS) is 14.7. The zero-order valence-corrected chi connectivity index (χ0v) is 20.6. The van der Waals surface area contributed by atoms with Gasteiger partial charge in [0.2, 0.25) is 0 Å². The van der Waals surface area contributed by atoms with Crippen LogP contribution in [-0.4, -0.2) is 29.7 Å². The van der Waals surface area contributed by atoms with Gasteiger partial charge in [0.05, 0.1) is 6.54 Å². The lowest BCUT2D eigenvalue weighted by molar-refractivity contribution is 0.390. The Morgan fingerprint density at radius 3 is 2.87 bits per heavy atom. The van der Waals surface area contributed by atoms with Crippen LogP contribution >= 0.6 is 12.8 Å². The summed E-state index contributed by atoms with van der Waals surface area (Å²) >= 11 is 4.64. The summed E-state index contributed by atoms with van der Waals surface area (Å²) in [6, 6.07) is 7.00. The van der Waals surface area contributed by atoms with E-state index in [0.29, 0.717) is 0 Å². The molecule has 1 aromatic rings. The maximum absolute atomic E-state index is 4.72. The van der Waals surface area contributed by atoms with E-state index in [9.17, 15) is 0 Å². The fourth-order valence-electron chi connectivity index (χ4n) is 4.02. The standard InChI is InChI=1S/C27H41N3S/c1-5-9-25(10-6-2)28-17-19-30(31)18-16-22(4)12-8-13-23-14-15-26-24(20-23)21-29-27(26)11-7-3/h5-6,9-10,14-15,20,22,28,31H,1,7-8,11-13,16-19,21H2,2-4H3/b10-6-,25-9+. The third-order valence-electron chi connectivity index (χ3n) is 5.79. The van der Waals surface area contributed by atoms with E-state index >= 15 is 0 Å². The van der Waals surface area contributed by atoms with Crippen LogP contribution in [0.25, 0.3) is 0 Å². The fraction of sp³-hybridized carbons (Fsp3) is 0.519. The molecule has 0 fully saturated rings. The Morgan fingerprint density at radius 1 is 1.29 bits per heavy atom. The van der Waals surface area contributed by atoms with E-state index in [4.69, 9.17) is 4.99 Å². The molecule has 0 amide bonds. The van der Waals surface area contributed by atoms with Crippen LogP contribution in [0, 0.1) is 5.92 Å². The van der Waals surface area contributed by atoms with Gasteiger partial charge in [-0.2, -0.15) is 0 Å². The zero-order valence-electron chi connectivity index (χ0n) is 19.7. The first kappa shape index (κ1) is 25.5. The third kappa shape index (κ3) is 9.08. The lowest BCUT2D eigenvalue weighted by Crippen LogP contribution is -2.26. The fourth-order valence-corrected chi connectivity index (χ4v) is 4.24. The van der Waals surface area contributed by atoms with E-state index < -0.39 is 0 Å². The highest BCUT2D eigenvalue weighted by Crippen LogP contribution is 2.24. The number of aliphatic imine (C=N–C) groups is 1. The first-order valence-electron chi connectivity index (χ1n) is 11.9. The molecule has 1 N–H and O–H groups in total. The van der Waals surface area contributed by atoms with Gasteiger partial charge in [-0.1, -0.05) is 76.4 Å². The van der Waals surface area contributed by atoms with Gasteiger partial charge in [-0.25, -0.2) is 0 Å². The second-order valence-electron chi connectivity index (χ2n) is 8.53. The Kier molecular flexibility index (Phi) is 11.8. The molecule has 1 unspecified atom stereocenters. The predicted octanol–water partition coefficient (Wildman–Crippen LogP) is 6.52. The molecule has 0 spiro atoms. The molecule has 0 radical (unpaired) electrons. The topological polar surface area (TPSA) is 27.6 Å². The second-order valence-corrected chi connectivity index (χ2v) is 9.09. The van der Waals surface area contributed by atoms with Gasteiger partial charge in [0.25, 0.3) is 0 Å². The summed E-state index contributed by atoms with van der Waals surface area (Å²) in [6.45, 7) is 14.1. The van der Waals surface area contributed by atoms with E-state index in [1.807, 2.05) is 25.2 Å². The van der Waals surface area contributed by atoms with Crippen LogP contribution < -0.4 is 5.32 Å². The molecule has 31 heavy (non-hydrogen) atoms. The number of nitrogens with zero attached hydrogens (tertiary/aromatic N) is 2. The molecule has 1 aromatic carbocycles. The molecule has 1 atom stereocenters. The van der Waals surface area contributed by atoms with Crippen molar-refractivity contribution in [3.8, 4) is 0 Å². The Hall–Kier alpha value is -1.78. The molecule has 1 heterocycles. The van der Waals surface area contributed by atoms with Crippen LogP contribution in [0.5, 0.6) is 0 Å². The van der Waals surface area contributed by atoms with Crippen LogP contribution in [0.15, 0.2) is 59.8 Å². The van der Waals surface area contributed by atoms with Crippen molar-refractivity contribution in [2.45, 2.75) is 65.8 Å². The maximum Gasteiger partial charge on any atom is 0.0649 e. The first-order chi connectivity index (χ1) is 15.1. The minimum Gasteiger partial charge on any atom is -0.384 e. The number of fused-ring (bicyclic) bond motifs is 1. The molecular formula is C27H41N3S. The van der Waals surface area contributed by atoms with Gasteiger partial charge in [-0.3, -0.25) is 9.30 Å². The van der Waals surface area contributed by atoms with Crippen LogP contribution in [0.4, 0.5) is 0 Å². The molecule has 1 aliphatic heterocycles. The van der Waals surface area contributed by atoms with Gasteiger partial charge in [0, 0.05) is 36.6 Å². The van der Waals surface area contributed by atoms with Crippen molar-refractivity contribution in [1.29, 1.82) is 0 Å². The van der Waals surface area contributed by atoms with Crippen molar-refractivity contribution in [1.82, 2.24) is 9.62 Å². The molecule has 0 bridgehead atoms. The van der Waals surface area contributed by atoms with Crippen LogP contribution in [0.1, 0.15) is 69.6 Å². The zero-order chi connectivity index (χ0) is 22.5. The minimum absolute atomic E-state index is 0.718. The van der Waals surface area contributed by atoms with Gasteiger partial charge >= 0.3 is 0 Å². The smallest absolute Gasteiger partial charge is 0.0649 e. The van der Waals surface area contributed by atoms with E-state index in [1.165, 1.54) is 54.5 Å². The highest BCUT2D eigenvalue weighted by Gasteiger charge is 2.15. The van der Waals surface area contributed by atoms with E-state index in [0.717, 1.165) is 44.2 Å². The molecule has 1 aliphatic rings. The van der Waals surface area contributed by atoms with Crippen LogP contribution in [0.3, 0.4) is 0 Å². The lowest BCUT2D eigenvalue weighted by atomic mass is 9.95. The number of allylic oxidation sites excluding steroid dienone is 4. The SMILES string of the molecule is C=C/C=C(\C=C/C)NCCN(S)CCC(C)CCCc1ccc2c(c1)CN=C2CCC. The number of hydrogen-bond acceptors (Lipinski definition) is 4.